The Labute approximate surface area is 94.3 Å². The summed E-state index contributed by atoms with van der Waals surface area (Å²) in [5, 5.41) is 11.4. The van der Waals surface area contributed by atoms with E-state index < -0.39 is 5.97 Å². The van der Waals surface area contributed by atoms with Gasteiger partial charge in [0.1, 0.15) is 0 Å². The molecule has 1 rings (SSSR count). The van der Waals surface area contributed by atoms with Crippen molar-refractivity contribution in [1.29, 1.82) is 0 Å². The lowest BCUT2D eigenvalue weighted by atomic mass is 10.0. The molecule has 4 heteroatoms. The summed E-state index contributed by atoms with van der Waals surface area (Å²) in [7, 11) is 0. The number of aliphatic carboxylic acids is 1. The van der Waals surface area contributed by atoms with Gasteiger partial charge in [0.05, 0.1) is 6.42 Å². The summed E-state index contributed by atoms with van der Waals surface area (Å²) >= 11 is 0. The van der Waals surface area contributed by atoms with Gasteiger partial charge in [0.25, 0.3) is 0 Å². The Kier molecular flexibility index (Phi) is 4.51. The number of benzene rings is 1. The lowest BCUT2D eigenvalue weighted by Crippen LogP contribution is -2.36. The van der Waals surface area contributed by atoms with E-state index in [2.05, 4.69) is 5.32 Å². The van der Waals surface area contributed by atoms with Gasteiger partial charge in [-0.05, 0) is 12.0 Å². The first-order chi connectivity index (χ1) is 7.58. The molecule has 0 aliphatic carbocycles. The molecule has 86 valence electrons. The molecule has 1 unspecified atom stereocenters. The number of carbonyl (C=O) groups excluding carboxylic acids is 1. The number of hydrogen-bond donors (Lipinski definition) is 2. The zero-order valence-corrected chi connectivity index (χ0v) is 9.14. The predicted octanol–water partition coefficient (Wildman–Crippen LogP) is 1.21. The van der Waals surface area contributed by atoms with Crippen LogP contribution < -0.4 is 5.32 Å². The highest BCUT2D eigenvalue weighted by atomic mass is 16.4. The summed E-state index contributed by atoms with van der Waals surface area (Å²) in [6, 6.07) is 9.15. The van der Waals surface area contributed by atoms with Crippen LogP contribution in [0.2, 0.25) is 0 Å². The molecular weight excluding hydrogens is 206 g/mol. The van der Waals surface area contributed by atoms with Gasteiger partial charge in [-0.1, -0.05) is 30.3 Å². The van der Waals surface area contributed by atoms with Crippen LogP contribution in [0, 0.1) is 0 Å². The van der Waals surface area contributed by atoms with E-state index in [1.807, 2.05) is 30.3 Å². The van der Waals surface area contributed by atoms with Crippen LogP contribution in [0.3, 0.4) is 0 Å². The van der Waals surface area contributed by atoms with Crippen LogP contribution in [0.25, 0.3) is 0 Å². The van der Waals surface area contributed by atoms with Crippen molar-refractivity contribution in [2.75, 3.05) is 0 Å². The van der Waals surface area contributed by atoms with Crippen molar-refractivity contribution < 1.29 is 14.7 Å². The van der Waals surface area contributed by atoms with E-state index >= 15 is 0 Å². The Balaban J connectivity index is 2.63. The summed E-state index contributed by atoms with van der Waals surface area (Å²) < 4.78 is 0. The van der Waals surface area contributed by atoms with Crippen LogP contribution in [-0.4, -0.2) is 23.0 Å². The molecule has 2 N–H and O–H groups in total. The van der Waals surface area contributed by atoms with E-state index in [-0.39, 0.29) is 18.4 Å². The molecule has 0 spiro atoms. The van der Waals surface area contributed by atoms with Crippen molar-refractivity contribution in [3.63, 3.8) is 0 Å². The quantitative estimate of drug-likeness (QED) is 0.785. The molecule has 0 saturated heterocycles. The van der Waals surface area contributed by atoms with E-state index in [0.717, 1.165) is 5.56 Å². The standard InChI is InChI=1S/C12H15NO3/c1-9(14)13-11(8-12(15)16)7-10-5-3-2-4-6-10/h2-6,11H,7-8H2,1H3,(H,13,14)(H,15,16). The van der Waals surface area contributed by atoms with Crippen molar-refractivity contribution in [3.8, 4) is 0 Å². The van der Waals surface area contributed by atoms with E-state index in [4.69, 9.17) is 5.11 Å². The first kappa shape index (κ1) is 12.2. The first-order valence-electron chi connectivity index (χ1n) is 5.10. The minimum Gasteiger partial charge on any atom is -0.481 e. The number of nitrogens with one attached hydrogen (secondary N) is 1. The molecule has 0 heterocycles. The minimum atomic E-state index is -0.908. The van der Waals surface area contributed by atoms with Crippen LogP contribution in [0.1, 0.15) is 18.9 Å². The maximum Gasteiger partial charge on any atom is 0.305 e. The van der Waals surface area contributed by atoms with Gasteiger partial charge in [-0.15, -0.1) is 0 Å². The predicted molar refractivity (Wildman–Crippen MR) is 60.0 cm³/mol. The molecule has 1 aromatic rings. The summed E-state index contributed by atoms with van der Waals surface area (Å²) in [4.78, 5) is 21.6. The summed E-state index contributed by atoms with van der Waals surface area (Å²) in [6.07, 6.45) is 0.473. The van der Waals surface area contributed by atoms with Crippen LogP contribution in [0.15, 0.2) is 30.3 Å². The second kappa shape index (κ2) is 5.90. The van der Waals surface area contributed by atoms with Crippen LogP contribution in [0.5, 0.6) is 0 Å². The van der Waals surface area contributed by atoms with Gasteiger partial charge < -0.3 is 10.4 Å². The molecule has 0 aliphatic heterocycles. The Morgan fingerprint density at radius 3 is 2.44 bits per heavy atom. The summed E-state index contributed by atoms with van der Waals surface area (Å²) in [5.41, 5.74) is 1.02. The highest BCUT2D eigenvalue weighted by molar-refractivity contribution is 5.75. The number of carboxylic acids is 1. The fourth-order valence-corrected chi connectivity index (χ4v) is 1.57. The van der Waals surface area contributed by atoms with Crippen molar-refractivity contribution >= 4 is 11.9 Å². The van der Waals surface area contributed by atoms with Gasteiger partial charge in [0.15, 0.2) is 0 Å². The third-order valence-electron chi connectivity index (χ3n) is 2.15. The topological polar surface area (TPSA) is 66.4 Å². The normalized spacial score (nSPS) is 11.8. The average Bonchev–Trinajstić information content (AvgIpc) is 2.16. The molecule has 1 amide bonds. The summed E-state index contributed by atoms with van der Waals surface area (Å²) in [5.74, 6) is -1.11. The maximum atomic E-state index is 10.9. The highest BCUT2D eigenvalue weighted by Crippen LogP contribution is 2.05. The van der Waals surface area contributed by atoms with Crippen LogP contribution in [-0.2, 0) is 16.0 Å². The monoisotopic (exact) mass is 221 g/mol. The van der Waals surface area contributed by atoms with Crippen molar-refractivity contribution in [2.24, 2.45) is 0 Å². The van der Waals surface area contributed by atoms with Gasteiger partial charge in [0, 0.05) is 13.0 Å². The van der Waals surface area contributed by atoms with Crippen molar-refractivity contribution in [1.82, 2.24) is 5.32 Å². The second-order valence-corrected chi connectivity index (χ2v) is 3.69. The molecule has 0 bridgehead atoms. The Bertz CT molecular complexity index is 346. The van der Waals surface area contributed by atoms with E-state index in [0.29, 0.717) is 6.42 Å². The zero-order chi connectivity index (χ0) is 12.0. The molecule has 1 atom stereocenters. The van der Waals surface area contributed by atoms with Gasteiger partial charge in [-0.2, -0.15) is 0 Å². The molecule has 1 aromatic carbocycles. The molecule has 0 radical (unpaired) electrons. The largest absolute Gasteiger partial charge is 0.481 e. The maximum absolute atomic E-state index is 10.9. The third-order valence-corrected chi connectivity index (χ3v) is 2.15. The molecule has 0 fully saturated rings. The third kappa shape index (κ3) is 4.59. The van der Waals surface area contributed by atoms with Gasteiger partial charge in [-0.25, -0.2) is 0 Å². The number of rotatable bonds is 5. The summed E-state index contributed by atoms with van der Waals surface area (Å²) in [6.45, 7) is 1.39. The number of amides is 1. The van der Waals surface area contributed by atoms with Crippen molar-refractivity contribution in [2.45, 2.75) is 25.8 Å². The molecule has 0 saturated carbocycles. The van der Waals surface area contributed by atoms with E-state index in [1.54, 1.807) is 0 Å². The lowest BCUT2D eigenvalue weighted by molar-refractivity contribution is -0.137. The molecule has 0 aromatic heterocycles. The Morgan fingerprint density at radius 1 is 1.31 bits per heavy atom. The van der Waals surface area contributed by atoms with Gasteiger partial charge >= 0.3 is 5.97 Å². The fourth-order valence-electron chi connectivity index (χ4n) is 1.57. The zero-order valence-electron chi connectivity index (χ0n) is 9.14. The lowest BCUT2D eigenvalue weighted by Gasteiger charge is -2.15. The van der Waals surface area contributed by atoms with Crippen LogP contribution in [0.4, 0.5) is 0 Å². The molecule has 0 aliphatic rings. The number of carbonyl (C=O) groups is 2. The van der Waals surface area contributed by atoms with Crippen molar-refractivity contribution in [3.05, 3.63) is 35.9 Å². The number of hydrogen-bond acceptors (Lipinski definition) is 2. The number of carboxylic acid groups (broad SMARTS) is 1. The minimum absolute atomic E-state index is 0.0610. The average molecular weight is 221 g/mol. The fraction of sp³-hybridized carbons (Fsp3) is 0.333. The van der Waals surface area contributed by atoms with Gasteiger partial charge in [-0.3, -0.25) is 9.59 Å². The molecular formula is C12H15NO3. The molecule has 4 nitrogen and oxygen atoms in total. The second-order valence-electron chi connectivity index (χ2n) is 3.69. The SMILES string of the molecule is CC(=O)NC(CC(=O)O)Cc1ccccc1. The first-order valence-corrected chi connectivity index (χ1v) is 5.10. The van der Waals surface area contributed by atoms with E-state index in [9.17, 15) is 9.59 Å². The molecule has 16 heavy (non-hydrogen) atoms. The van der Waals surface area contributed by atoms with Gasteiger partial charge in [0.2, 0.25) is 5.91 Å². The Hall–Kier alpha value is -1.84. The Morgan fingerprint density at radius 2 is 1.94 bits per heavy atom. The van der Waals surface area contributed by atoms with Crippen LogP contribution >= 0.6 is 0 Å². The van der Waals surface area contributed by atoms with E-state index in [1.165, 1.54) is 6.92 Å². The smallest absolute Gasteiger partial charge is 0.305 e. The highest BCUT2D eigenvalue weighted by Gasteiger charge is 2.14.